The standard InChI is InChI=1S/C23H28N6/c1-18-14-26-23(28-22(18)25-16-20-8-5-11-24-15-20)27-21-9-12-29(13-10-21)17-19-6-3-2-4-7-19/h2-8,11,14-15,21H,9-10,12-13,16-17H2,1H3,(H2,25,26,27,28). The maximum absolute atomic E-state index is 4.70. The fraction of sp³-hybridized carbons (Fsp3) is 0.348. The van der Waals surface area contributed by atoms with Crippen molar-refractivity contribution in [2.75, 3.05) is 23.7 Å². The van der Waals surface area contributed by atoms with Gasteiger partial charge in [-0.2, -0.15) is 4.98 Å². The summed E-state index contributed by atoms with van der Waals surface area (Å²) < 4.78 is 0. The number of hydrogen-bond acceptors (Lipinski definition) is 6. The molecule has 150 valence electrons. The molecule has 29 heavy (non-hydrogen) atoms. The molecular weight excluding hydrogens is 360 g/mol. The zero-order valence-electron chi connectivity index (χ0n) is 16.9. The second-order valence-corrected chi connectivity index (χ2v) is 7.62. The van der Waals surface area contributed by atoms with Crippen molar-refractivity contribution < 1.29 is 0 Å². The molecule has 0 atom stereocenters. The number of anilines is 2. The Hall–Kier alpha value is -2.99. The highest BCUT2D eigenvalue weighted by molar-refractivity contribution is 5.47. The van der Waals surface area contributed by atoms with E-state index in [2.05, 4.69) is 61.9 Å². The molecule has 1 saturated heterocycles. The Balaban J connectivity index is 1.29. The maximum atomic E-state index is 4.70. The monoisotopic (exact) mass is 388 g/mol. The number of rotatable bonds is 7. The molecule has 1 fully saturated rings. The average molecular weight is 389 g/mol. The Morgan fingerprint density at radius 2 is 1.79 bits per heavy atom. The normalized spacial score (nSPS) is 15.2. The summed E-state index contributed by atoms with van der Waals surface area (Å²) in [4.78, 5) is 15.9. The quantitative estimate of drug-likeness (QED) is 0.641. The number of aryl methyl sites for hydroxylation is 1. The van der Waals surface area contributed by atoms with E-state index in [1.807, 2.05) is 25.4 Å². The van der Waals surface area contributed by atoms with Gasteiger partial charge in [-0.15, -0.1) is 0 Å². The van der Waals surface area contributed by atoms with E-state index in [1.165, 1.54) is 5.56 Å². The Morgan fingerprint density at radius 3 is 2.55 bits per heavy atom. The van der Waals surface area contributed by atoms with Gasteiger partial charge >= 0.3 is 0 Å². The van der Waals surface area contributed by atoms with E-state index >= 15 is 0 Å². The molecule has 0 aliphatic carbocycles. The van der Waals surface area contributed by atoms with E-state index in [0.717, 1.165) is 49.4 Å². The van der Waals surface area contributed by atoms with Crippen LogP contribution in [0.25, 0.3) is 0 Å². The molecule has 6 heteroatoms. The lowest BCUT2D eigenvalue weighted by Gasteiger charge is -2.32. The van der Waals surface area contributed by atoms with Gasteiger partial charge in [-0.25, -0.2) is 4.98 Å². The Bertz CT molecular complexity index is 892. The van der Waals surface area contributed by atoms with Crippen LogP contribution in [0.5, 0.6) is 0 Å². The summed E-state index contributed by atoms with van der Waals surface area (Å²) in [6.45, 7) is 5.92. The largest absolute Gasteiger partial charge is 0.366 e. The lowest BCUT2D eigenvalue weighted by molar-refractivity contribution is 0.211. The third-order valence-electron chi connectivity index (χ3n) is 5.32. The van der Waals surface area contributed by atoms with Gasteiger partial charge in [0.2, 0.25) is 5.95 Å². The van der Waals surface area contributed by atoms with Gasteiger partial charge in [0.15, 0.2) is 0 Å². The summed E-state index contributed by atoms with van der Waals surface area (Å²) in [5, 5.41) is 6.93. The summed E-state index contributed by atoms with van der Waals surface area (Å²) >= 11 is 0. The summed E-state index contributed by atoms with van der Waals surface area (Å²) in [6, 6.07) is 15.1. The van der Waals surface area contributed by atoms with Gasteiger partial charge < -0.3 is 10.6 Å². The van der Waals surface area contributed by atoms with Crippen LogP contribution in [0, 0.1) is 6.92 Å². The predicted molar refractivity (Wildman–Crippen MR) is 117 cm³/mol. The first-order chi connectivity index (χ1) is 14.3. The van der Waals surface area contributed by atoms with Crippen molar-refractivity contribution in [3.05, 3.63) is 77.7 Å². The fourth-order valence-corrected chi connectivity index (χ4v) is 3.64. The van der Waals surface area contributed by atoms with E-state index in [-0.39, 0.29) is 0 Å². The second-order valence-electron chi connectivity index (χ2n) is 7.62. The van der Waals surface area contributed by atoms with Crippen molar-refractivity contribution in [1.29, 1.82) is 0 Å². The molecular formula is C23H28N6. The number of aromatic nitrogens is 3. The van der Waals surface area contributed by atoms with Crippen LogP contribution in [0.15, 0.2) is 61.1 Å². The Kier molecular flexibility index (Phi) is 6.32. The van der Waals surface area contributed by atoms with Gasteiger partial charge in [0, 0.05) is 56.4 Å². The number of likely N-dealkylation sites (tertiary alicyclic amines) is 1. The number of nitrogens with zero attached hydrogens (tertiary/aromatic N) is 4. The number of pyridine rings is 1. The van der Waals surface area contributed by atoms with Crippen LogP contribution in [-0.2, 0) is 13.1 Å². The number of hydrogen-bond donors (Lipinski definition) is 2. The van der Waals surface area contributed by atoms with Crippen LogP contribution in [0.2, 0.25) is 0 Å². The van der Waals surface area contributed by atoms with E-state index in [1.54, 1.807) is 6.20 Å². The van der Waals surface area contributed by atoms with Gasteiger partial charge in [0.1, 0.15) is 5.82 Å². The third kappa shape index (κ3) is 5.51. The maximum Gasteiger partial charge on any atom is 0.224 e. The zero-order valence-corrected chi connectivity index (χ0v) is 16.9. The molecule has 0 amide bonds. The molecule has 2 N–H and O–H groups in total. The fourth-order valence-electron chi connectivity index (χ4n) is 3.64. The van der Waals surface area contributed by atoms with Gasteiger partial charge in [-0.05, 0) is 37.0 Å². The van der Waals surface area contributed by atoms with Crippen molar-refractivity contribution in [3.8, 4) is 0 Å². The van der Waals surface area contributed by atoms with Crippen LogP contribution in [0.3, 0.4) is 0 Å². The van der Waals surface area contributed by atoms with Gasteiger partial charge in [0.25, 0.3) is 0 Å². The summed E-state index contributed by atoms with van der Waals surface area (Å²) in [5.41, 5.74) is 3.55. The van der Waals surface area contributed by atoms with Crippen molar-refractivity contribution in [1.82, 2.24) is 19.9 Å². The Morgan fingerprint density at radius 1 is 1.00 bits per heavy atom. The molecule has 0 spiro atoms. The highest BCUT2D eigenvalue weighted by Crippen LogP contribution is 2.19. The zero-order chi connectivity index (χ0) is 19.9. The van der Waals surface area contributed by atoms with Crippen molar-refractivity contribution in [3.63, 3.8) is 0 Å². The molecule has 0 unspecified atom stereocenters. The molecule has 1 aromatic carbocycles. The Labute approximate surface area is 172 Å². The van der Waals surface area contributed by atoms with Crippen molar-refractivity contribution >= 4 is 11.8 Å². The first-order valence-corrected chi connectivity index (χ1v) is 10.3. The van der Waals surface area contributed by atoms with E-state index in [9.17, 15) is 0 Å². The first kappa shape index (κ1) is 19.3. The van der Waals surface area contributed by atoms with E-state index in [4.69, 9.17) is 4.98 Å². The summed E-state index contributed by atoms with van der Waals surface area (Å²) in [7, 11) is 0. The second kappa shape index (κ2) is 9.47. The number of piperidine rings is 1. The van der Waals surface area contributed by atoms with Crippen LogP contribution in [-0.4, -0.2) is 39.0 Å². The van der Waals surface area contributed by atoms with Crippen LogP contribution in [0.4, 0.5) is 11.8 Å². The van der Waals surface area contributed by atoms with E-state index < -0.39 is 0 Å². The van der Waals surface area contributed by atoms with Crippen LogP contribution < -0.4 is 10.6 Å². The SMILES string of the molecule is Cc1cnc(NC2CCN(Cc3ccccc3)CC2)nc1NCc1cccnc1. The summed E-state index contributed by atoms with van der Waals surface area (Å²) in [6.07, 6.45) is 7.73. The molecule has 0 bridgehead atoms. The molecule has 1 aliphatic heterocycles. The molecule has 2 aromatic heterocycles. The number of nitrogens with one attached hydrogen (secondary N) is 2. The highest BCUT2D eigenvalue weighted by atomic mass is 15.2. The van der Waals surface area contributed by atoms with Gasteiger partial charge in [-0.3, -0.25) is 9.88 Å². The molecule has 4 rings (SSSR count). The van der Waals surface area contributed by atoms with Crippen molar-refractivity contribution in [2.24, 2.45) is 0 Å². The first-order valence-electron chi connectivity index (χ1n) is 10.3. The minimum atomic E-state index is 0.413. The minimum absolute atomic E-state index is 0.413. The molecule has 6 nitrogen and oxygen atoms in total. The average Bonchev–Trinajstić information content (AvgIpc) is 2.77. The molecule has 0 saturated carbocycles. The molecule has 3 heterocycles. The molecule has 0 radical (unpaired) electrons. The topological polar surface area (TPSA) is 66.0 Å². The molecule has 3 aromatic rings. The third-order valence-corrected chi connectivity index (χ3v) is 5.32. The van der Waals surface area contributed by atoms with Gasteiger partial charge in [-0.1, -0.05) is 36.4 Å². The lowest BCUT2D eigenvalue weighted by Crippen LogP contribution is -2.39. The molecule has 1 aliphatic rings. The number of benzene rings is 1. The lowest BCUT2D eigenvalue weighted by atomic mass is 10.0. The van der Waals surface area contributed by atoms with Crippen molar-refractivity contribution in [2.45, 2.75) is 38.9 Å². The van der Waals surface area contributed by atoms with E-state index in [0.29, 0.717) is 18.5 Å². The predicted octanol–water partition coefficient (Wildman–Crippen LogP) is 3.87. The van der Waals surface area contributed by atoms with Crippen LogP contribution in [0.1, 0.15) is 29.5 Å². The minimum Gasteiger partial charge on any atom is -0.366 e. The van der Waals surface area contributed by atoms with Gasteiger partial charge in [0.05, 0.1) is 0 Å². The van der Waals surface area contributed by atoms with Crippen LogP contribution >= 0.6 is 0 Å². The smallest absolute Gasteiger partial charge is 0.224 e. The summed E-state index contributed by atoms with van der Waals surface area (Å²) in [5.74, 6) is 1.57. The highest BCUT2D eigenvalue weighted by Gasteiger charge is 2.20.